The van der Waals surface area contributed by atoms with Crippen molar-refractivity contribution in [3.8, 4) is 11.8 Å². The van der Waals surface area contributed by atoms with Crippen LogP contribution in [0.3, 0.4) is 0 Å². The van der Waals surface area contributed by atoms with E-state index in [1.807, 2.05) is 0 Å². The lowest BCUT2D eigenvalue weighted by molar-refractivity contribution is -0.141. The molecule has 0 unspecified atom stereocenters. The number of phenols is 1. The van der Waals surface area contributed by atoms with Crippen LogP contribution in [0, 0.1) is 18.3 Å². The van der Waals surface area contributed by atoms with Gasteiger partial charge in [0.25, 0.3) is 0 Å². The Morgan fingerprint density at radius 3 is 2.50 bits per heavy atom. The summed E-state index contributed by atoms with van der Waals surface area (Å²) in [6.07, 6.45) is -4.73. The van der Waals surface area contributed by atoms with Crippen molar-refractivity contribution in [1.29, 1.82) is 5.26 Å². The van der Waals surface area contributed by atoms with Crippen LogP contribution in [-0.2, 0) is 12.7 Å². The predicted octanol–water partition coefficient (Wildman–Crippen LogP) is 4.14. The number of phenolic OH excluding ortho intramolecular Hbond substituents is 1. The second-order valence-electron chi connectivity index (χ2n) is 4.45. The van der Waals surface area contributed by atoms with Crippen LogP contribution >= 0.6 is 23.2 Å². The molecule has 9 heteroatoms. The molecule has 0 aliphatic heterocycles. The summed E-state index contributed by atoms with van der Waals surface area (Å²) in [4.78, 5) is 3.40. The van der Waals surface area contributed by atoms with Crippen LogP contribution in [0.2, 0.25) is 10.0 Å². The van der Waals surface area contributed by atoms with Gasteiger partial charge in [0.15, 0.2) is 11.4 Å². The molecule has 1 heterocycles. The largest absolute Gasteiger partial charge is 0.506 e. The highest BCUT2D eigenvalue weighted by Gasteiger charge is 2.38. The number of rotatable bonds is 2. The first-order chi connectivity index (χ1) is 10.1. The molecule has 1 N–H and O–H groups in total. The Morgan fingerprint density at radius 1 is 1.32 bits per heavy atom. The predicted molar refractivity (Wildman–Crippen MR) is 73.9 cm³/mol. The smallest absolute Gasteiger partial charge is 0.436 e. The summed E-state index contributed by atoms with van der Waals surface area (Å²) in [5.74, 6) is -0.247. The summed E-state index contributed by atoms with van der Waals surface area (Å²) in [7, 11) is 0. The Hall–Kier alpha value is -1.91. The fourth-order valence-electron chi connectivity index (χ4n) is 1.94. The van der Waals surface area contributed by atoms with Gasteiger partial charge in [0, 0.05) is 5.02 Å². The molecule has 1 aromatic heterocycles. The molecule has 0 spiro atoms. The average Bonchev–Trinajstić information content (AvgIpc) is 2.72. The lowest BCUT2D eigenvalue weighted by Crippen LogP contribution is -2.10. The van der Waals surface area contributed by atoms with E-state index in [0.29, 0.717) is 5.56 Å². The standard InChI is InChI=1S/C13H8Cl2F3N3O/c1-6-20-12(13(16,17)18)10(4-19)21(6)5-7-2-11(22)9(15)3-8(7)14/h2-3,22H,5H2,1H3. The molecule has 0 radical (unpaired) electrons. The zero-order chi connectivity index (χ0) is 16.7. The Balaban J connectivity index is 2.54. The second kappa shape index (κ2) is 5.71. The van der Waals surface area contributed by atoms with Gasteiger partial charge in [-0.3, -0.25) is 0 Å². The number of aromatic nitrogens is 2. The van der Waals surface area contributed by atoms with Crippen molar-refractivity contribution in [3.63, 3.8) is 0 Å². The number of halogens is 5. The number of aryl methyl sites for hydroxylation is 1. The minimum Gasteiger partial charge on any atom is -0.506 e. The summed E-state index contributed by atoms with van der Waals surface area (Å²) < 4.78 is 39.6. The van der Waals surface area contributed by atoms with Crippen molar-refractivity contribution in [2.75, 3.05) is 0 Å². The first-order valence-corrected chi connectivity index (χ1v) is 6.62. The van der Waals surface area contributed by atoms with E-state index in [1.54, 1.807) is 0 Å². The SMILES string of the molecule is Cc1nc(C(F)(F)F)c(C#N)n1Cc1cc(O)c(Cl)cc1Cl. The maximum absolute atomic E-state index is 12.9. The van der Waals surface area contributed by atoms with Gasteiger partial charge in [-0.15, -0.1) is 0 Å². The van der Waals surface area contributed by atoms with E-state index in [1.165, 1.54) is 25.1 Å². The van der Waals surface area contributed by atoms with Gasteiger partial charge < -0.3 is 9.67 Å². The summed E-state index contributed by atoms with van der Waals surface area (Å²) in [5, 5.41) is 18.8. The zero-order valence-corrected chi connectivity index (χ0v) is 12.6. The van der Waals surface area contributed by atoms with E-state index >= 15 is 0 Å². The van der Waals surface area contributed by atoms with Crippen molar-refractivity contribution in [3.05, 3.63) is 45.0 Å². The van der Waals surface area contributed by atoms with Gasteiger partial charge in [0.05, 0.1) is 11.6 Å². The van der Waals surface area contributed by atoms with Crippen molar-refractivity contribution in [1.82, 2.24) is 9.55 Å². The van der Waals surface area contributed by atoms with E-state index in [2.05, 4.69) is 4.98 Å². The van der Waals surface area contributed by atoms with Crippen LogP contribution in [0.1, 0.15) is 22.8 Å². The highest BCUT2D eigenvalue weighted by molar-refractivity contribution is 6.35. The highest BCUT2D eigenvalue weighted by atomic mass is 35.5. The molecular formula is C13H8Cl2F3N3O. The normalized spacial score (nSPS) is 11.5. The van der Waals surface area contributed by atoms with Gasteiger partial charge in [-0.05, 0) is 24.6 Å². The minimum absolute atomic E-state index is 0.00869. The number of nitriles is 1. The molecule has 0 saturated heterocycles. The van der Waals surface area contributed by atoms with Crippen molar-refractivity contribution in [2.24, 2.45) is 0 Å². The zero-order valence-electron chi connectivity index (χ0n) is 11.0. The number of alkyl halides is 3. The Kier molecular flexibility index (Phi) is 4.27. The molecule has 0 atom stereocenters. The Morgan fingerprint density at radius 2 is 1.95 bits per heavy atom. The Labute approximate surface area is 133 Å². The summed E-state index contributed by atoms with van der Waals surface area (Å²) in [6.45, 7) is 1.20. The van der Waals surface area contributed by atoms with E-state index in [4.69, 9.17) is 28.5 Å². The molecule has 0 amide bonds. The number of hydrogen-bond acceptors (Lipinski definition) is 3. The van der Waals surface area contributed by atoms with Crippen molar-refractivity contribution >= 4 is 23.2 Å². The number of imidazole rings is 1. The maximum atomic E-state index is 12.9. The van der Waals surface area contributed by atoms with Gasteiger partial charge in [-0.2, -0.15) is 18.4 Å². The van der Waals surface area contributed by atoms with Crippen LogP contribution in [-0.4, -0.2) is 14.7 Å². The van der Waals surface area contributed by atoms with Crippen molar-refractivity contribution in [2.45, 2.75) is 19.6 Å². The molecule has 1 aromatic carbocycles. The number of aromatic hydroxyl groups is 1. The highest BCUT2D eigenvalue weighted by Crippen LogP contribution is 2.34. The third-order valence-corrected chi connectivity index (χ3v) is 3.63. The first-order valence-electron chi connectivity index (χ1n) is 5.86. The molecule has 0 bridgehead atoms. The molecule has 0 aliphatic carbocycles. The monoisotopic (exact) mass is 349 g/mol. The van der Waals surface area contributed by atoms with Crippen LogP contribution in [0.4, 0.5) is 13.2 Å². The summed E-state index contributed by atoms with van der Waals surface area (Å²) >= 11 is 11.6. The average molecular weight is 350 g/mol. The molecule has 2 rings (SSSR count). The second-order valence-corrected chi connectivity index (χ2v) is 5.26. The van der Waals surface area contributed by atoms with Gasteiger partial charge in [0.1, 0.15) is 17.6 Å². The van der Waals surface area contributed by atoms with E-state index in [9.17, 15) is 18.3 Å². The van der Waals surface area contributed by atoms with E-state index in [0.717, 1.165) is 4.57 Å². The number of hydrogen-bond donors (Lipinski definition) is 1. The quantitative estimate of drug-likeness (QED) is 0.885. The summed E-state index contributed by atoms with van der Waals surface area (Å²) in [5.41, 5.74) is -1.55. The van der Waals surface area contributed by atoms with Crippen molar-refractivity contribution < 1.29 is 18.3 Å². The molecule has 2 aromatic rings. The minimum atomic E-state index is -4.73. The molecule has 116 valence electrons. The fourth-order valence-corrected chi connectivity index (χ4v) is 2.38. The van der Waals surface area contributed by atoms with Gasteiger partial charge in [-0.25, -0.2) is 4.98 Å². The Bertz CT molecular complexity index is 778. The first kappa shape index (κ1) is 16.5. The van der Waals surface area contributed by atoms with Gasteiger partial charge >= 0.3 is 6.18 Å². The topological polar surface area (TPSA) is 61.8 Å². The molecule has 22 heavy (non-hydrogen) atoms. The van der Waals surface area contributed by atoms with Crippen LogP contribution < -0.4 is 0 Å². The third-order valence-electron chi connectivity index (χ3n) is 2.98. The van der Waals surface area contributed by atoms with Gasteiger partial charge in [-0.1, -0.05) is 23.2 Å². The van der Waals surface area contributed by atoms with Crippen LogP contribution in [0.15, 0.2) is 12.1 Å². The number of nitrogens with zero attached hydrogens (tertiary/aromatic N) is 3. The lowest BCUT2D eigenvalue weighted by Gasteiger charge is -2.10. The molecule has 0 fully saturated rings. The van der Waals surface area contributed by atoms with Gasteiger partial charge in [0.2, 0.25) is 0 Å². The number of benzene rings is 1. The fraction of sp³-hybridized carbons (Fsp3) is 0.231. The lowest BCUT2D eigenvalue weighted by atomic mass is 10.2. The molecular weight excluding hydrogens is 342 g/mol. The molecule has 4 nitrogen and oxygen atoms in total. The van der Waals surface area contributed by atoms with Crippen LogP contribution in [0.5, 0.6) is 5.75 Å². The molecule has 0 saturated carbocycles. The van der Waals surface area contributed by atoms with E-state index in [-0.39, 0.29) is 28.2 Å². The molecule has 0 aliphatic rings. The third kappa shape index (κ3) is 2.98. The summed E-state index contributed by atoms with van der Waals surface area (Å²) in [6, 6.07) is 4.02. The van der Waals surface area contributed by atoms with Crippen LogP contribution in [0.25, 0.3) is 0 Å². The van der Waals surface area contributed by atoms with E-state index < -0.39 is 17.6 Å². The maximum Gasteiger partial charge on any atom is 0.436 e.